The van der Waals surface area contributed by atoms with Gasteiger partial charge < -0.3 is 20.1 Å². The van der Waals surface area contributed by atoms with Gasteiger partial charge in [-0.3, -0.25) is 19.8 Å². The SMILES string of the molecule is COc1cc(-c2ccc3c(c2)Nc2ccc(CN4CCOCC4)cc2NC3=O)ccc1[N+](=O)[O-]. The van der Waals surface area contributed by atoms with Gasteiger partial charge in [0, 0.05) is 25.7 Å². The van der Waals surface area contributed by atoms with Crippen molar-refractivity contribution in [3.8, 4) is 16.9 Å². The molecule has 2 aliphatic heterocycles. The second-order valence-electron chi connectivity index (χ2n) is 8.25. The van der Waals surface area contributed by atoms with E-state index >= 15 is 0 Å². The van der Waals surface area contributed by atoms with Crippen molar-refractivity contribution in [2.45, 2.75) is 6.54 Å². The third kappa shape index (κ3) is 4.30. The molecule has 0 aliphatic carbocycles. The Kier molecular flexibility index (Phi) is 5.87. The average molecular weight is 460 g/mol. The van der Waals surface area contributed by atoms with E-state index in [9.17, 15) is 14.9 Å². The molecule has 0 saturated carbocycles. The number of morpholine rings is 1. The number of nitrogens with one attached hydrogen (secondary N) is 2. The first kappa shape index (κ1) is 21.9. The number of nitro benzene ring substituents is 1. The van der Waals surface area contributed by atoms with E-state index in [1.165, 1.54) is 13.2 Å². The lowest BCUT2D eigenvalue weighted by Crippen LogP contribution is -2.35. The number of benzene rings is 3. The van der Waals surface area contributed by atoms with Gasteiger partial charge in [-0.25, -0.2) is 0 Å². The van der Waals surface area contributed by atoms with Crippen LogP contribution in [0.15, 0.2) is 54.6 Å². The van der Waals surface area contributed by atoms with Crippen LogP contribution in [0.25, 0.3) is 11.1 Å². The Labute approximate surface area is 196 Å². The molecule has 0 spiro atoms. The Morgan fingerprint density at radius 3 is 2.50 bits per heavy atom. The molecule has 0 bridgehead atoms. The molecule has 1 fully saturated rings. The molecular formula is C25H24N4O5. The van der Waals surface area contributed by atoms with Crippen LogP contribution in [-0.2, 0) is 11.3 Å². The van der Waals surface area contributed by atoms with Crippen LogP contribution in [0, 0.1) is 10.1 Å². The van der Waals surface area contributed by atoms with Crippen LogP contribution in [0.1, 0.15) is 15.9 Å². The molecule has 174 valence electrons. The molecule has 9 nitrogen and oxygen atoms in total. The standard InChI is InChI=1S/C25H24N4O5/c1-33-24-14-18(4-7-23(24)29(31)32)17-3-5-19-21(13-17)26-20-6-2-16(12-22(20)27-25(19)30)15-28-8-10-34-11-9-28/h2-7,12-14,26H,8-11,15H2,1H3,(H,27,30). The highest BCUT2D eigenvalue weighted by Gasteiger charge is 2.21. The van der Waals surface area contributed by atoms with E-state index in [2.05, 4.69) is 21.6 Å². The van der Waals surface area contributed by atoms with Crippen LogP contribution < -0.4 is 15.4 Å². The van der Waals surface area contributed by atoms with E-state index in [1.54, 1.807) is 18.2 Å². The molecule has 5 rings (SSSR count). The molecule has 3 aromatic rings. The minimum absolute atomic E-state index is 0.0969. The summed E-state index contributed by atoms with van der Waals surface area (Å²) < 4.78 is 10.6. The van der Waals surface area contributed by atoms with E-state index in [4.69, 9.17) is 9.47 Å². The number of rotatable bonds is 5. The maximum Gasteiger partial charge on any atom is 0.310 e. The molecule has 1 amide bonds. The molecule has 0 atom stereocenters. The number of carbonyl (C=O) groups excluding carboxylic acids is 1. The van der Waals surface area contributed by atoms with Crippen LogP contribution in [0.4, 0.5) is 22.7 Å². The maximum atomic E-state index is 13.0. The quantitative estimate of drug-likeness (QED) is 0.429. The number of nitro groups is 1. The van der Waals surface area contributed by atoms with Crippen molar-refractivity contribution in [2.24, 2.45) is 0 Å². The number of anilines is 3. The van der Waals surface area contributed by atoms with Gasteiger partial charge in [-0.1, -0.05) is 12.1 Å². The Morgan fingerprint density at radius 2 is 1.74 bits per heavy atom. The fourth-order valence-corrected chi connectivity index (χ4v) is 4.29. The summed E-state index contributed by atoms with van der Waals surface area (Å²) in [5.74, 6) is -0.0149. The summed E-state index contributed by atoms with van der Waals surface area (Å²) in [6.07, 6.45) is 0. The number of carbonyl (C=O) groups is 1. The fraction of sp³-hybridized carbons (Fsp3) is 0.240. The molecule has 0 aromatic heterocycles. The van der Waals surface area contributed by atoms with Gasteiger partial charge >= 0.3 is 5.69 Å². The first-order chi connectivity index (χ1) is 16.5. The summed E-state index contributed by atoms with van der Waals surface area (Å²) in [6, 6.07) is 16.2. The molecular weight excluding hydrogens is 436 g/mol. The van der Waals surface area contributed by atoms with Gasteiger partial charge in [0.05, 0.1) is 47.9 Å². The molecule has 1 saturated heterocycles. The normalized spacial score (nSPS) is 15.4. The van der Waals surface area contributed by atoms with Crippen molar-refractivity contribution < 1.29 is 19.2 Å². The molecule has 2 N–H and O–H groups in total. The summed E-state index contributed by atoms with van der Waals surface area (Å²) in [6.45, 7) is 4.06. The van der Waals surface area contributed by atoms with Gasteiger partial charge in [0.25, 0.3) is 5.91 Å². The van der Waals surface area contributed by atoms with Crippen molar-refractivity contribution in [1.29, 1.82) is 0 Å². The van der Waals surface area contributed by atoms with Crippen molar-refractivity contribution in [3.63, 3.8) is 0 Å². The number of amides is 1. The monoisotopic (exact) mass is 460 g/mol. The van der Waals surface area contributed by atoms with Crippen molar-refractivity contribution in [1.82, 2.24) is 4.90 Å². The van der Waals surface area contributed by atoms with Gasteiger partial charge in [-0.05, 0) is 53.1 Å². The van der Waals surface area contributed by atoms with E-state index in [-0.39, 0.29) is 17.3 Å². The molecule has 0 radical (unpaired) electrons. The predicted octanol–water partition coefficient (Wildman–Crippen LogP) is 4.41. The average Bonchev–Trinajstić information content (AvgIpc) is 2.99. The lowest BCUT2D eigenvalue weighted by Gasteiger charge is -2.26. The largest absolute Gasteiger partial charge is 0.490 e. The van der Waals surface area contributed by atoms with E-state index < -0.39 is 4.92 Å². The zero-order valence-corrected chi connectivity index (χ0v) is 18.7. The van der Waals surface area contributed by atoms with Gasteiger partial charge in [-0.15, -0.1) is 0 Å². The van der Waals surface area contributed by atoms with Crippen LogP contribution in [-0.4, -0.2) is 49.1 Å². The van der Waals surface area contributed by atoms with Gasteiger partial charge in [-0.2, -0.15) is 0 Å². The molecule has 34 heavy (non-hydrogen) atoms. The third-order valence-electron chi connectivity index (χ3n) is 6.09. The summed E-state index contributed by atoms with van der Waals surface area (Å²) >= 11 is 0. The highest BCUT2D eigenvalue weighted by atomic mass is 16.6. The summed E-state index contributed by atoms with van der Waals surface area (Å²) in [4.78, 5) is 26.0. The maximum absolute atomic E-state index is 13.0. The Bertz CT molecular complexity index is 1270. The zero-order valence-electron chi connectivity index (χ0n) is 18.7. The zero-order chi connectivity index (χ0) is 23.7. The highest BCUT2D eigenvalue weighted by Crippen LogP contribution is 2.37. The van der Waals surface area contributed by atoms with Crippen molar-refractivity contribution in [3.05, 3.63) is 75.8 Å². The fourth-order valence-electron chi connectivity index (χ4n) is 4.29. The number of ether oxygens (including phenoxy) is 2. The number of nitrogens with zero attached hydrogens (tertiary/aromatic N) is 2. The van der Waals surface area contributed by atoms with E-state index in [0.29, 0.717) is 11.3 Å². The summed E-state index contributed by atoms with van der Waals surface area (Å²) in [5.41, 5.74) is 5.28. The lowest BCUT2D eigenvalue weighted by atomic mass is 10.0. The van der Waals surface area contributed by atoms with Gasteiger partial charge in [0.2, 0.25) is 0 Å². The van der Waals surface area contributed by atoms with E-state index in [0.717, 1.165) is 60.9 Å². The minimum Gasteiger partial charge on any atom is -0.490 e. The van der Waals surface area contributed by atoms with Crippen LogP contribution in [0.2, 0.25) is 0 Å². The van der Waals surface area contributed by atoms with Crippen LogP contribution in [0.3, 0.4) is 0 Å². The Morgan fingerprint density at radius 1 is 0.971 bits per heavy atom. The summed E-state index contributed by atoms with van der Waals surface area (Å²) in [7, 11) is 1.40. The smallest absolute Gasteiger partial charge is 0.310 e. The predicted molar refractivity (Wildman–Crippen MR) is 129 cm³/mol. The number of hydrogen-bond donors (Lipinski definition) is 2. The number of methoxy groups -OCH3 is 1. The molecule has 9 heteroatoms. The van der Waals surface area contributed by atoms with Crippen molar-refractivity contribution >= 4 is 28.7 Å². The number of fused-ring (bicyclic) bond motifs is 2. The number of hydrogen-bond acceptors (Lipinski definition) is 7. The topological polar surface area (TPSA) is 106 Å². The first-order valence-corrected chi connectivity index (χ1v) is 11.0. The summed E-state index contributed by atoms with van der Waals surface area (Å²) in [5, 5.41) is 17.6. The second-order valence-corrected chi connectivity index (χ2v) is 8.25. The Hall–Kier alpha value is -3.95. The lowest BCUT2D eigenvalue weighted by molar-refractivity contribution is -0.385. The molecule has 0 unspecified atom stereocenters. The highest BCUT2D eigenvalue weighted by molar-refractivity contribution is 6.12. The first-order valence-electron chi connectivity index (χ1n) is 11.0. The van der Waals surface area contributed by atoms with Gasteiger partial charge in [0.1, 0.15) is 0 Å². The molecule has 2 heterocycles. The van der Waals surface area contributed by atoms with Gasteiger partial charge in [0.15, 0.2) is 5.75 Å². The molecule has 3 aromatic carbocycles. The minimum atomic E-state index is -0.476. The Balaban J connectivity index is 1.44. The third-order valence-corrected chi connectivity index (χ3v) is 6.09. The van der Waals surface area contributed by atoms with Crippen LogP contribution >= 0.6 is 0 Å². The van der Waals surface area contributed by atoms with E-state index in [1.807, 2.05) is 24.3 Å². The second kappa shape index (κ2) is 9.12. The molecule has 2 aliphatic rings. The van der Waals surface area contributed by atoms with Crippen LogP contribution in [0.5, 0.6) is 5.75 Å². The van der Waals surface area contributed by atoms with Crippen molar-refractivity contribution in [2.75, 3.05) is 44.0 Å².